The van der Waals surface area contributed by atoms with Gasteiger partial charge < -0.3 is 9.80 Å². The molecule has 1 spiro atoms. The van der Waals surface area contributed by atoms with Gasteiger partial charge in [-0.1, -0.05) is 36.8 Å². The number of benzene rings is 1. The maximum atomic E-state index is 13.7. The Morgan fingerprint density at radius 2 is 1.72 bits per heavy atom. The average Bonchev–Trinajstić information content (AvgIpc) is 3.08. The van der Waals surface area contributed by atoms with E-state index in [9.17, 15) is 9.59 Å². The fourth-order valence-corrected chi connectivity index (χ4v) is 6.47. The molecule has 7 heteroatoms. The molecule has 0 atom stereocenters. The highest BCUT2D eigenvalue weighted by atomic mass is 16.2. The van der Waals surface area contributed by atoms with E-state index in [-0.39, 0.29) is 35.9 Å². The van der Waals surface area contributed by atoms with Crippen molar-refractivity contribution in [1.82, 2.24) is 24.7 Å². The second kappa shape index (κ2) is 9.92. The van der Waals surface area contributed by atoms with Gasteiger partial charge in [-0.3, -0.25) is 9.69 Å². The molecule has 3 aliphatic rings. The molecule has 0 unspecified atom stereocenters. The predicted molar refractivity (Wildman–Crippen MR) is 140 cm³/mol. The summed E-state index contributed by atoms with van der Waals surface area (Å²) in [6.45, 7) is 3.52. The van der Waals surface area contributed by atoms with Gasteiger partial charge in [0.15, 0.2) is 5.78 Å². The minimum absolute atomic E-state index is 0.00409. The van der Waals surface area contributed by atoms with Crippen molar-refractivity contribution >= 4 is 11.8 Å². The van der Waals surface area contributed by atoms with Crippen molar-refractivity contribution in [3.63, 3.8) is 0 Å². The van der Waals surface area contributed by atoms with Crippen LogP contribution in [0, 0.1) is 12.8 Å². The molecule has 2 aromatic rings. The molecular formula is C29H39N5O2. The Hall–Kier alpha value is -2.80. The number of amides is 2. The molecule has 1 aromatic carbocycles. The van der Waals surface area contributed by atoms with Gasteiger partial charge in [-0.2, -0.15) is 0 Å². The Morgan fingerprint density at radius 3 is 2.31 bits per heavy atom. The monoisotopic (exact) mass is 489 g/mol. The number of urea groups is 1. The normalized spacial score (nSPS) is 26.6. The molecule has 2 amide bonds. The summed E-state index contributed by atoms with van der Waals surface area (Å²) in [7, 11) is 4.35. The van der Waals surface area contributed by atoms with E-state index in [0.29, 0.717) is 18.3 Å². The van der Waals surface area contributed by atoms with Crippen LogP contribution in [-0.2, 0) is 16.8 Å². The molecule has 192 valence electrons. The van der Waals surface area contributed by atoms with E-state index in [1.807, 2.05) is 6.92 Å². The van der Waals surface area contributed by atoms with Gasteiger partial charge in [0.05, 0.1) is 18.5 Å². The molecule has 0 bridgehead atoms. The van der Waals surface area contributed by atoms with Gasteiger partial charge in [0.1, 0.15) is 5.82 Å². The quantitative estimate of drug-likeness (QED) is 0.556. The third-order valence-corrected chi connectivity index (χ3v) is 8.96. The smallest absolute Gasteiger partial charge is 0.317 e. The zero-order valence-electron chi connectivity index (χ0n) is 21.9. The van der Waals surface area contributed by atoms with Crippen LogP contribution in [0.15, 0.2) is 42.7 Å². The Kier molecular flexibility index (Phi) is 6.86. The zero-order valence-corrected chi connectivity index (χ0v) is 21.9. The SMILES string of the molecule is Cc1cnc(CC(=O)CN2CC3(CCC(c4ccccc4)(N(C)C)CC3)N(CC3CCC3)C2=O)nc1. The maximum absolute atomic E-state index is 13.7. The zero-order chi connectivity index (χ0) is 25.3. The summed E-state index contributed by atoms with van der Waals surface area (Å²) in [5, 5.41) is 0. The Labute approximate surface area is 214 Å². The summed E-state index contributed by atoms with van der Waals surface area (Å²) >= 11 is 0. The number of Topliss-reactive ketones (excluding diaryl/α,β-unsaturated/α-hetero) is 1. The van der Waals surface area contributed by atoms with Crippen LogP contribution in [0.3, 0.4) is 0 Å². The summed E-state index contributed by atoms with van der Waals surface area (Å²) in [4.78, 5) is 41.5. The van der Waals surface area contributed by atoms with Crippen LogP contribution >= 0.6 is 0 Å². The van der Waals surface area contributed by atoms with E-state index in [1.165, 1.54) is 24.8 Å². The first kappa shape index (κ1) is 24.9. The van der Waals surface area contributed by atoms with Crippen molar-refractivity contribution < 1.29 is 9.59 Å². The van der Waals surface area contributed by atoms with Crippen LogP contribution in [-0.4, -0.2) is 75.8 Å². The van der Waals surface area contributed by atoms with Crippen LogP contribution in [0.4, 0.5) is 4.79 Å². The molecule has 2 aliphatic carbocycles. The summed E-state index contributed by atoms with van der Waals surface area (Å²) in [6.07, 6.45) is 11.2. The number of nitrogens with zero attached hydrogens (tertiary/aromatic N) is 5. The summed E-state index contributed by atoms with van der Waals surface area (Å²) in [5.74, 6) is 1.11. The highest BCUT2D eigenvalue weighted by Gasteiger charge is 2.55. The van der Waals surface area contributed by atoms with E-state index in [0.717, 1.165) is 37.8 Å². The molecule has 1 aliphatic heterocycles. The van der Waals surface area contributed by atoms with Crippen molar-refractivity contribution in [2.75, 3.05) is 33.7 Å². The third kappa shape index (κ3) is 4.65. The van der Waals surface area contributed by atoms with Crippen molar-refractivity contribution in [1.29, 1.82) is 0 Å². The number of aromatic nitrogens is 2. The van der Waals surface area contributed by atoms with Crippen LogP contribution in [0.5, 0.6) is 0 Å². The lowest BCUT2D eigenvalue weighted by molar-refractivity contribution is -0.119. The van der Waals surface area contributed by atoms with Gasteiger partial charge in [0, 0.05) is 31.0 Å². The largest absolute Gasteiger partial charge is 0.321 e. The Bertz CT molecular complexity index is 1070. The second-order valence-corrected chi connectivity index (χ2v) is 11.5. The van der Waals surface area contributed by atoms with Gasteiger partial charge in [-0.25, -0.2) is 14.8 Å². The molecule has 36 heavy (non-hydrogen) atoms. The molecular weight excluding hydrogens is 450 g/mol. The van der Waals surface area contributed by atoms with E-state index in [1.54, 1.807) is 17.3 Å². The Balaban J connectivity index is 1.33. The maximum Gasteiger partial charge on any atom is 0.321 e. The van der Waals surface area contributed by atoms with Crippen LogP contribution in [0.25, 0.3) is 0 Å². The van der Waals surface area contributed by atoms with Crippen molar-refractivity contribution in [3.8, 4) is 0 Å². The van der Waals surface area contributed by atoms with Crippen molar-refractivity contribution in [2.45, 2.75) is 69.4 Å². The molecule has 2 heterocycles. The lowest BCUT2D eigenvalue weighted by atomic mass is 9.68. The van der Waals surface area contributed by atoms with Gasteiger partial charge in [-0.05, 0) is 76.6 Å². The molecule has 0 N–H and O–H groups in total. The number of aryl methyl sites for hydroxylation is 1. The first-order valence-corrected chi connectivity index (χ1v) is 13.4. The van der Waals surface area contributed by atoms with Crippen molar-refractivity contribution in [3.05, 3.63) is 59.7 Å². The minimum atomic E-state index is -0.193. The summed E-state index contributed by atoms with van der Waals surface area (Å²) in [6, 6.07) is 10.8. The summed E-state index contributed by atoms with van der Waals surface area (Å²) in [5.41, 5.74) is 2.10. The van der Waals surface area contributed by atoms with E-state index in [2.05, 4.69) is 64.2 Å². The van der Waals surface area contributed by atoms with Gasteiger partial charge in [0.2, 0.25) is 0 Å². The third-order valence-electron chi connectivity index (χ3n) is 8.96. The number of ketones is 1. The molecule has 7 nitrogen and oxygen atoms in total. The van der Waals surface area contributed by atoms with Gasteiger partial charge >= 0.3 is 6.03 Å². The van der Waals surface area contributed by atoms with Crippen LogP contribution in [0.2, 0.25) is 0 Å². The molecule has 5 rings (SSSR count). The fourth-order valence-electron chi connectivity index (χ4n) is 6.47. The van der Waals surface area contributed by atoms with Crippen molar-refractivity contribution in [2.24, 2.45) is 5.92 Å². The highest BCUT2D eigenvalue weighted by Crippen LogP contribution is 2.49. The first-order chi connectivity index (χ1) is 17.3. The summed E-state index contributed by atoms with van der Waals surface area (Å²) < 4.78 is 0. The number of hydrogen-bond acceptors (Lipinski definition) is 5. The van der Waals surface area contributed by atoms with Crippen LogP contribution < -0.4 is 0 Å². The highest BCUT2D eigenvalue weighted by molar-refractivity contribution is 5.88. The fraction of sp³-hybridized carbons (Fsp3) is 0.586. The lowest BCUT2D eigenvalue weighted by Crippen LogP contribution is -2.56. The first-order valence-electron chi connectivity index (χ1n) is 13.4. The molecule has 1 saturated heterocycles. The Morgan fingerprint density at radius 1 is 1.06 bits per heavy atom. The number of rotatable bonds is 8. The topological polar surface area (TPSA) is 69.6 Å². The van der Waals surface area contributed by atoms with E-state index in [4.69, 9.17) is 0 Å². The molecule has 2 saturated carbocycles. The van der Waals surface area contributed by atoms with Crippen LogP contribution in [0.1, 0.15) is 61.9 Å². The van der Waals surface area contributed by atoms with Gasteiger partial charge in [0.25, 0.3) is 0 Å². The number of hydrogen-bond donors (Lipinski definition) is 0. The molecule has 0 radical (unpaired) electrons. The van der Waals surface area contributed by atoms with E-state index < -0.39 is 0 Å². The number of carbonyl (C=O) groups is 2. The number of carbonyl (C=O) groups excluding carboxylic acids is 2. The lowest BCUT2D eigenvalue weighted by Gasteiger charge is -2.51. The predicted octanol–water partition coefficient (Wildman–Crippen LogP) is 4.20. The van der Waals surface area contributed by atoms with E-state index >= 15 is 0 Å². The molecule has 3 fully saturated rings. The standard InChI is InChI=1S/C29H39N5O2/c1-22-17-30-26(31-18-22)16-25(35)20-33-21-28(34(27(33)36)19-23-8-7-9-23)12-14-29(15-13-28,32(2)3)24-10-5-4-6-11-24/h4-6,10-11,17-18,23H,7-9,12-16,19-21H2,1-3H3. The van der Waals surface area contributed by atoms with Gasteiger partial charge in [-0.15, -0.1) is 0 Å². The average molecular weight is 490 g/mol. The minimum Gasteiger partial charge on any atom is -0.317 e. The second-order valence-electron chi connectivity index (χ2n) is 11.5. The molecule has 1 aromatic heterocycles.